The minimum atomic E-state index is 0.559. The minimum Gasteiger partial charge on any atom is -0.489 e. The van der Waals surface area contributed by atoms with Crippen LogP contribution >= 0.6 is 0 Å². The second-order valence-corrected chi connectivity index (χ2v) is 4.99. The third-order valence-corrected chi connectivity index (χ3v) is 3.30. The van der Waals surface area contributed by atoms with E-state index in [1.807, 2.05) is 48.5 Å². The molecule has 0 saturated heterocycles. The van der Waals surface area contributed by atoms with E-state index in [1.54, 1.807) is 6.20 Å². The molecule has 0 aliphatic heterocycles. The standard InChI is InChI=1S/C19H18N2O/c1-3-7-16(8-4-1)14-21-19-13-18(11-12-20-19)22-15-17-9-5-2-6-10-17/h1-13H,14-15H2,(H,20,21). The van der Waals surface area contributed by atoms with Crippen molar-refractivity contribution >= 4 is 5.82 Å². The highest BCUT2D eigenvalue weighted by molar-refractivity contribution is 5.41. The number of ether oxygens (including phenoxy) is 1. The molecule has 110 valence electrons. The van der Waals surface area contributed by atoms with Crippen LogP contribution in [-0.2, 0) is 13.2 Å². The predicted octanol–water partition coefficient (Wildman–Crippen LogP) is 4.27. The van der Waals surface area contributed by atoms with Crippen LogP contribution in [0.15, 0.2) is 79.0 Å². The van der Waals surface area contributed by atoms with E-state index in [4.69, 9.17) is 4.74 Å². The Bertz CT molecular complexity index is 640. The monoisotopic (exact) mass is 290 g/mol. The minimum absolute atomic E-state index is 0.559. The maximum atomic E-state index is 5.80. The number of nitrogens with one attached hydrogen (secondary N) is 1. The van der Waals surface area contributed by atoms with Crippen LogP contribution in [0.1, 0.15) is 11.1 Å². The quantitative estimate of drug-likeness (QED) is 0.736. The highest BCUT2D eigenvalue weighted by Gasteiger charge is 1.99. The van der Waals surface area contributed by atoms with Gasteiger partial charge in [-0.1, -0.05) is 60.7 Å². The van der Waals surface area contributed by atoms with Crippen LogP contribution < -0.4 is 10.1 Å². The summed E-state index contributed by atoms with van der Waals surface area (Å²) in [6.07, 6.45) is 1.76. The van der Waals surface area contributed by atoms with Crippen molar-refractivity contribution < 1.29 is 4.74 Å². The number of benzene rings is 2. The van der Waals surface area contributed by atoms with Crippen molar-refractivity contribution in [2.75, 3.05) is 5.32 Å². The molecule has 1 heterocycles. The van der Waals surface area contributed by atoms with E-state index in [2.05, 4.69) is 34.6 Å². The van der Waals surface area contributed by atoms with E-state index in [-0.39, 0.29) is 0 Å². The topological polar surface area (TPSA) is 34.1 Å². The largest absolute Gasteiger partial charge is 0.489 e. The number of nitrogens with zero attached hydrogens (tertiary/aromatic N) is 1. The summed E-state index contributed by atoms with van der Waals surface area (Å²) in [5, 5.41) is 3.31. The first-order chi connectivity index (χ1) is 10.9. The lowest BCUT2D eigenvalue weighted by Gasteiger charge is -2.09. The lowest BCUT2D eigenvalue weighted by Crippen LogP contribution is -2.02. The fourth-order valence-corrected chi connectivity index (χ4v) is 2.13. The molecule has 0 aliphatic rings. The normalized spacial score (nSPS) is 10.2. The van der Waals surface area contributed by atoms with Crippen LogP contribution in [0.3, 0.4) is 0 Å². The summed E-state index contributed by atoms with van der Waals surface area (Å²) in [6, 6.07) is 24.2. The van der Waals surface area contributed by atoms with Crippen LogP contribution in [0.25, 0.3) is 0 Å². The number of aromatic nitrogens is 1. The third kappa shape index (κ3) is 4.09. The molecule has 22 heavy (non-hydrogen) atoms. The van der Waals surface area contributed by atoms with Gasteiger partial charge in [-0.2, -0.15) is 0 Å². The van der Waals surface area contributed by atoms with Gasteiger partial charge in [-0.3, -0.25) is 0 Å². The molecule has 3 rings (SSSR count). The molecule has 0 saturated carbocycles. The van der Waals surface area contributed by atoms with Crippen molar-refractivity contribution in [1.29, 1.82) is 0 Å². The lowest BCUT2D eigenvalue weighted by atomic mass is 10.2. The van der Waals surface area contributed by atoms with E-state index in [1.165, 1.54) is 5.56 Å². The number of hydrogen-bond acceptors (Lipinski definition) is 3. The molecule has 0 spiro atoms. The Balaban J connectivity index is 1.58. The van der Waals surface area contributed by atoms with Crippen LogP contribution in [0.5, 0.6) is 5.75 Å². The fourth-order valence-electron chi connectivity index (χ4n) is 2.13. The SMILES string of the molecule is c1ccc(CNc2cc(OCc3ccccc3)ccn2)cc1. The van der Waals surface area contributed by atoms with Gasteiger partial charge in [0, 0.05) is 18.8 Å². The van der Waals surface area contributed by atoms with Gasteiger partial charge in [-0.15, -0.1) is 0 Å². The van der Waals surface area contributed by atoms with Crippen LogP contribution in [0.4, 0.5) is 5.82 Å². The maximum absolute atomic E-state index is 5.80. The molecule has 1 aromatic heterocycles. The van der Waals surface area contributed by atoms with Crippen molar-refractivity contribution in [3.8, 4) is 5.75 Å². The summed E-state index contributed by atoms with van der Waals surface area (Å²) in [7, 11) is 0. The summed E-state index contributed by atoms with van der Waals surface area (Å²) in [4.78, 5) is 4.32. The number of hydrogen-bond donors (Lipinski definition) is 1. The van der Waals surface area contributed by atoms with Crippen LogP contribution in [-0.4, -0.2) is 4.98 Å². The number of anilines is 1. The molecule has 0 bridgehead atoms. The van der Waals surface area contributed by atoms with E-state index < -0.39 is 0 Å². The van der Waals surface area contributed by atoms with Gasteiger partial charge in [-0.25, -0.2) is 4.98 Å². The van der Waals surface area contributed by atoms with Crippen molar-refractivity contribution in [3.63, 3.8) is 0 Å². The van der Waals surface area contributed by atoms with Gasteiger partial charge in [0.25, 0.3) is 0 Å². The molecule has 0 aliphatic carbocycles. The van der Waals surface area contributed by atoms with Gasteiger partial charge in [0.05, 0.1) is 0 Å². The van der Waals surface area contributed by atoms with Crippen molar-refractivity contribution in [3.05, 3.63) is 90.1 Å². The summed E-state index contributed by atoms with van der Waals surface area (Å²) in [6.45, 7) is 1.30. The highest BCUT2D eigenvalue weighted by atomic mass is 16.5. The molecule has 3 aromatic rings. The fraction of sp³-hybridized carbons (Fsp3) is 0.105. The summed E-state index contributed by atoms with van der Waals surface area (Å²) in [5.74, 6) is 1.63. The van der Waals surface area contributed by atoms with Gasteiger partial charge in [0.15, 0.2) is 0 Å². The van der Waals surface area contributed by atoms with Gasteiger partial charge in [-0.05, 0) is 17.2 Å². The number of pyridine rings is 1. The Hall–Kier alpha value is -2.81. The Labute approximate surface area is 130 Å². The predicted molar refractivity (Wildman–Crippen MR) is 88.8 cm³/mol. The number of rotatable bonds is 6. The van der Waals surface area contributed by atoms with Crippen molar-refractivity contribution in [2.24, 2.45) is 0 Å². The zero-order chi connectivity index (χ0) is 15.0. The maximum Gasteiger partial charge on any atom is 0.129 e. The smallest absolute Gasteiger partial charge is 0.129 e. The van der Waals surface area contributed by atoms with Crippen LogP contribution in [0.2, 0.25) is 0 Å². The molecule has 0 radical (unpaired) electrons. The highest BCUT2D eigenvalue weighted by Crippen LogP contribution is 2.16. The van der Waals surface area contributed by atoms with Crippen molar-refractivity contribution in [1.82, 2.24) is 4.98 Å². The van der Waals surface area contributed by atoms with Gasteiger partial charge in [0.2, 0.25) is 0 Å². The van der Waals surface area contributed by atoms with Gasteiger partial charge < -0.3 is 10.1 Å². The Kier molecular flexibility index (Phi) is 4.67. The molecule has 3 heteroatoms. The second-order valence-electron chi connectivity index (χ2n) is 4.99. The third-order valence-electron chi connectivity index (χ3n) is 3.30. The molecular formula is C19H18N2O. The lowest BCUT2D eigenvalue weighted by molar-refractivity contribution is 0.306. The zero-order valence-corrected chi connectivity index (χ0v) is 12.3. The molecule has 0 amide bonds. The molecule has 3 nitrogen and oxygen atoms in total. The molecule has 0 fully saturated rings. The van der Waals surface area contributed by atoms with E-state index in [0.717, 1.165) is 23.7 Å². The molecule has 0 atom stereocenters. The van der Waals surface area contributed by atoms with Gasteiger partial charge in [0.1, 0.15) is 18.2 Å². The Morgan fingerprint density at radius 2 is 1.50 bits per heavy atom. The van der Waals surface area contributed by atoms with E-state index >= 15 is 0 Å². The first-order valence-electron chi connectivity index (χ1n) is 7.31. The molecular weight excluding hydrogens is 272 g/mol. The molecule has 0 unspecified atom stereocenters. The Morgan fingerprint density at radius 3 is 2.23 bits per heavy atom. The summed E-state index contributed by atoms with van der Waals surface area (Å²) >= 11 is 0. The first kappa shape index (κ1) is 14.1. The van der Waals surface area contributed by atoms with E-state index in [0.29, 0.717) is 6.61 Å². The van der Waals surface area contributed by atoms with Gasteiger partial charge >= 0.3 is 0 Å². The molecule has 2 aromatic carbocycles. The second kappa shape index (κ2) is 7.27. The molecule has 1 N–H and O–H groups in total. The summed E-state index contributed by atoms with van der Waals surface area (Å²) in [5.41, 5.74) is 2.37. The van der Waals surface area contributed by atoms with Crippen molar-refractivity contribution in [2.45, 2.75) is 13.2 Å². The van der Waals surface area contributed by atoms with Crippen LogP contribution in [0, 0.1) is 0 Å². The average molecular weight is 290 g/mol. The Morgan fingerprint density at radius 1 is 0.818 bits per heavy atom. The van der Waals surface area contributed by atoms with E-state index in [9.17, 15) is 0 Å². The first-order valence-corrected chi connectivity index (χ1v) is 7.31. The summed E-state index contributed by atoms with van der Waals surface area (Å²) < 4.78 is 5.80. The zero-order valence-electron chi connectivity index (χ0n) is 12.3. The average Bonchev–Trinajstić information content (AvgIpc) is 2.60.